The van der Waals surface area contributed by atoms with E-state index in [1.165, 1.54) is 41.7 Å². The van der Waals surface area contributed by atoms with Gasteiger partial charge in [0.2, 0.25) is 0 Å². The Morgan fingerprint density at radius 3 is 1.23 bits per heavy atom. The van der Waals surface area contributed by atoms with Crippen molar-refractivity contribution >= 4 is 112 Å². The highest BCUT2D eigenvalue weighted by atomic mass is 79.9. The van der Waals surface area contributed by atoms with Crippen molar-refractivity contribution in [1.29, 1.82) is 0 Å². The Hall–Kier alpha value is -2.17. The van der Waals surface area contributed by atoms with Crippen LogP contribution >= 0.6 is 54.5 Å². The van der Waals surface area contributed by atoms with Gasteiger partial charge in [0, 0.05) is 40.2 Å². The predicted molar refractivity (Wildman–Crippen MR) is 195 cm³/mol. The van der Waals surface area contributed by atoms with Gasteiger partial charge in [-0.2, -0.15) is 0 Å². The molecule has 0 spiro atoms. The highest BCUT2D eigenvalue weighted by Gasteiger charge is 2.13. The Balaban J connectivity index is 0.000000173. The Labute approximate surface area is 264 Å². The summed E-state index contributed by atoms with van der Waals surface area (Å²) in [6.07, 6.45) is 0. The highest BCUT2D eigenvalue weighted by molar-refractivity contribution is 9.10. The largest absolute Gasteiger partial charge is 0.144 e. The second-order valence-corrected chi connectivity index (χ2v) is 24.9. The van der Waals surface area contributed by atoms with Gasteiger partial charge in [0.1, 0.15) is 16.1 Å². The van der Waals surface area contributed by atoms with Crippen molar-refractivity contribution in [3.05, 3.63) is 91.5 Å². The second kappa shape index (κ2) is 11.6. The van der Waals surface area contributed by atoms with Crippen molar-refractivity contribution < 1.29 is 0 Å². The smallest absolute Gasteiger partial charge is 0.129 e. The molecule has 40 heavy (non-hydrogen) atoms. The zero-order valence-electron chi connectivity index (χ0n) is 23.5. The van der Waals surface area contributed by atoms with E-state index in [0.717, 1.165) is 20.1 Å². The summed E-state index contributed by atoms with van der Waals surface area (Å²) in [7, 11) is -2.86. The molecule has 2 heterocycles. The van der Waals surface area contributed by atoms with E-state index in [2.05, 4.69) is 165 Å². The molecule has 2 aromatic heterocycles. The first-order chi connectivity index (χ1) is 18.9. The lowest BCUT2D eigenvalue weighted by Gasteiger charge is -2.10. The first kappa shape index (κ1) is 29.3. The molecule has 0 N–H and O–H groups in total. The third kappa shape index (κ3) is 6.49. The third-order valence-corrected chi connectivity index (χ3v) is 11.1. The first-order valence-corrected chi connectivity index (χ1v) is 23.5. The molecule has 6 heteroatoms. The van der Waals surface area contributed by atoms with E-state index in [-0.39, 0.29) is 0 Å². The van der Waals surface area contributed by atoms with Crippen LogP contribution in [0, 0.1) is 22.9 Å². The third-order valence-electron chi connectivity index (χ3n) is 6.29. The van der Waals surface area contributed by atoms with E-state index in [1.807, 2.05) is 22.7 Å². The molecule has 0 unspecified atom stereocenters. The summed E-state index contributed by atoms with van der Waals surface area (Å²) >= 11 is 11.0. The van der Waals surface area contributed by atoms with Gasteiger partial charge in [-0.15, -0.1) is 33.8 Å². The second-order valence-electron chi connectivity index (χ2n) is 11.8. The lowest BCUT2D eigenvalue weighted by Crippen LogP contribution is -2.16. The van der Waals surface area contributed by atoms with E-state index in [1.54, 1.807) is 0 Å². The van der Waals surface area contributed by atoms with Gasteiger partial charge in [0.15, 0.2) is 0 Å². The first-order valence-electron chi connectivity index (χ1n) is 13.1. The van der Waals surface area contributed by atoms with Crippen molar-refractivity contribution in [2.45, 2.75) is 39.3 Å². The molecule has 0 aliphatic heterocycles. The Morgan fingerprint density at radius 2 is 0.850 bits per heavy atom. The monoisotopic (exact) mass is 716 g/mol. The Bertz CT molecular complexity index is 1870. The van der Waals surface area contributed by atoms with E-state index < -0.39 is 16.1 Å². The van der Waals surface area contributed by atoms with Crippen LogP contribution in [0.15, 0.2) is 80.4 Å². The molecule has 0 amide bonds. The molecule has 4 aromatic carbocycles. The van der Waals surface area contributed by atoms with Gasteiger partial charge in [-0.3, -0.25) is 0 Å². The molecular formula is C34H30Br2S2Si2. The molecule has 0 atom stereocenters. The number of hydrogen-bond donors (Lipinski definition) is 0. The fourth-order valence-corrected chi connectivity index (χ4v) is 7.91. The average Bonchev–Trinajstić information content (AvgIpc) is 3.56. The Kier molecular flexibility index (Phi) is 8.51. The van der Waals surface area contributed by atoms with Crippen molar-refractivity contribution in [3.8, 4) is 22.9 Å². The summed E-state index contributed by atoms with van der Waals surface area (Å²) < 4.78 is 4.85. The van der Waals surface area contributed by atoms with Gasteiger partial charge >= 0.3 is 0 Å². The summed E-state index contributed by atoms with van der Waals surface area (Å²) in [6, 6.07) is 21.9. The quantitative estimate of drug-likeness (QED) is 0.108. The Morgan fingerprint density at radius 1 is 0.475 bits per heavy atom. The molecule has 0 nitrogen and oxygen atoms in total. The maximum Gasteiger partial charge on any atom is 0.129 e. The summed E-state index contributed by atoms with van der Waals surface area (Å²) in [6.45, 7) is 13.6. The van der Waals surface area contributed by atoms with Crippen LogP contribution in [0.25, 0.3) is 41.7 Å². The molecule has 0 bridgehead atoms. The lowest BCUT2D eigenvalue weighted by atomic mass is 10.0. The lowest BCUT2D eigenvalue weighted by molar-refractivity contribution is 1.60. The molecular weight excluding hydrogens is 688 g/mol. The van der Waals surface area contributed by atoms with E-state index in [4.69, 9.17) is 0 Å². The van der Waals surface area contributed by atoms with Crippen LogP contribution in [0.1, 0.15) is 11.1 Å². The summed E-state index contributed by atoms with van der Waals surface area (Å²) in [4.78, 5) is 0. The number of rotatable bonds is 0. The van der Waals surface area contributed by atoms with Crippen LogP contribution in [-0.2, 0) is 0 Å². The minimum atomic E-state index is -1.43. The van der Waals surface area contributed by atoms with Crippen molar-refractivity contribution in [3.63, 3.8) is 0 Å². The maximum absolute atomic E-state index is 3.67. The minimum Gasteiger partial charge on any atom is -0.144 e. The number of fused-ring (bicyclic) bond motifs is 6. The van der Waals surface area contributed by atoms with Crippen LogP contribution in [0.2, 0.25) is 39.3 Å². The van der Waals surface area contributed by atoms with E-state index >= 15 is 0 Å². The van der Waals surface area contributed by atoms with Crippen LogP contribution in [0.5, 0.6) is 0 Å². The van der Waals surface area contributed by atoms with Gasteiger partial charge in [0.05, 0.1) is 0 Å². The summed E-state index contributed by atoms with van der Waals surface area (Å²) in [5, 5.41) is 12.2. The SMILES string of the molecule is C[Si](C)(C)C#Cc1c(Br)ccc2c(C#C[Si](C)(C)C)c(Br)ccc12.c1cc2c(ccc3c4ccsc4ccc23)s1. The van der Waals surface area contributed by atoms with Crippen LogP contribution in [0.4, 0.5) is 0 Å². The van der Waals surface area contributed by atoms with Gasteiger partial charge < -0.3 is 0 Å². The number of halogens is 2. The van der Waals surface area contributed by atoms with Crippen LogP contribution in [0.3, 0.4) is 0 Å². The molecule has 0 aliphatic rings. The van der Waals surface area contributed by atoms with E-state index in [0.29, 0.717) is 0 Å². The van der Waals surface area contributed by atoms with Crippen LogP contribution in [-0.4, -0.2) is 16.1 Å². The summed E-state index contributed by atoms with van der Waals surface area (Å²) in [5.41, 5.74) is 9.10. The molecule has 0 aliphatic carbocycles. The van der Waals surface area contributed by atoms with Crippen molar-refractivity contribution in [1.82, 2.24) is 0 Å². The molecule has 0 radical (unpaired) electrons. The topological polar surface area (TPSA) is 0 Å². The molecule has 200 valence electrons. The molecule has 0 saturated carbocycles. The normalized spacial score (nSPS) is 11.6. The molecule has 0 saturated heterocycles. The van der Waals surface area contributed by atoms with Gasteiger partial charge in [-0.25, -0.2) is 0 Å². The molecule has 0 fully saturated rings. The van der Waals surface area contributed by atoms with Crippen molar-refractivity contribution in [2.75, 3.05) is 0 Å². The highest BCUT2D eigenvalue weighted by Crippen LogP contribution is 2.35. The zero-order chi connectivity index (χ0) is 28.7. The zero-order valence-corrected chi connectivity index (χ0v) is 30.3. The van der Waals surface area contributed by atoms with Gasteiger partial charge in [-0.1, -0.05) is 75.4 Å². The fraction of sp³-hybridized carbons (Fsp3) is 0.176. The number of benzene rings is 4. The number of thiophene rings is 2. The molecule has 6 rings (SSSR count). The standard InChI is InChI=1S/C20H22Br2Si2.C14H8S2/c1-23(2,3)13-11-17-15-7-10-20(22)18(12-14-24(4,5)6)16(15)8-9-19(17)21;1-3-13-12(6-8-15-13)10-2-4-14-11(9(1)10)5-7-16-14/h7-10H,1-6H3;1-8H. The maximum atomic E-state index is 3.67. The minimum absolute atomic E-state index is 1.05. The van der Waals surface area contributed by atoms with Gasteiger partial charge in [-0.05, 0) is 101 Å². The molecule has 6 aromatic rings. The average molecular weight is 719 g/mol. The van der Waals surface area contributed by atoms with Crippen molar-refractivity contribution in [2.24, 2.45) is 0 Å². The van der Waals surface area contributed by atoms with Crippen LogP contribution < -0.4 is 0 Å². The fourth-order valence-electron chi connectivity index (χ4n) is 4.42. The summed E-state index contributed by atoms with van der Waals surface area (Å²) in [5.74, 6) is 6.85. The van der Waals surface area contributed by atoms with Gasteiger partial charge in [0.25, 0.3) is 0 Å². The number of hydrogen-bond acceptors (Lipinski definition) is 2. The van der Waals surface area contributed by atoms with E-state index in [9.17, 15) is 0 Å². The predicted octanol–water partition coefficient (Wildman–Crippen LogP) is 12.1.